The highest BCUT2D eigenvalue weighted by molar-refractivity contribution is 14.1. The Morgan fingerprint density at radius 1 is 1.04 bits per heavy atom. The zero-order valence-electron chi connectivity index (χ0n) is 14.5. The molecule has 5 nitrogen and oxygen atoms in total. The fraction of sp³-hybridized carbons (Fsp3) is 0.368. The Morgan fingerprint density at radius 3 is 2.38 bits per heavy atom. The first-order valence-corrected chi connectivity index (χ1v) is 11.3. The van der Waals surface area contributed by atoms with Crippen LogP contribution in [-0.2, 0) is 10.0 Å². The van der Waals surface area contributed by atoms with Gasteiger partial charge in [-0.05, 0) is 72.8 Å². The van der Waals surface area contributed by atoms with Gasteiger partial charge in [0, 0.05) is 12.6 Å². The SMILES string of the molecule is O=S(=O)(NC1CCN(CCOc2ccccc2I)CC1)c1ccccc1. The second-order valence-electron chi connectivity index (χ2n) is 6.33. The highest BCUT2D eigenvalue weighted by atomic mass is 127. The molecule has 0 atom stereocenters. The van der Waals surface area contributed by atoms with E-state index in [0.717, 1.165) is 41.8 Å². The van der Waals surface area contributed by atoms with E-state index in [1.54, 1.807) is 24.3 Å². The summed E-state index contributed by atoms with van der Waals surface area (Å²) in [6.45, 7) is 3.23. The van der Waals surface area contributed by atoms with Gasteiger partial charge in [0.05, 0.1) is 8.47 Å². The second kappa shape index (κ2) is 9.16. The Labute approximate surface area is 168 Å². The summed E-state index contributed by atoms with van der Waals surface area (Å²) >= 11 is 2.27. The average Bonchev–Trinajstić information content (AvgIpc) is 2.65. The zero-order chi connectivity index (χ0) is 18.4. The van der Waals surface area contributed by atoms with Crippen LogP contribution in [0.25, 0.3) is 0 Å². The molecule has 1 fully saturated rings. The van der Waals surface area contributed by atoms with Crippen LogP contribution in [0.15, 0.2) is 59.5 Å². The number of rotatable bonds is 7. The molecule has 0 spiro atoms. The minimum atomic E-state index is -3.43. The Kier molecular flexibility index (Phi) is 6.91. The molecule has 2 aromatic rings. The molecule has 2 aromatic carbocycles. The van der Waals surface area contributed by atoms with Gasteiger partial charge < -0.3 is 4.74 Å². The summed E-state index contributed by atoms with van der Waals surface area (Å²) in [5.41, 5.74) is 0. The van der Waals surface area contributed by atoms with Crippen LogP contribution in [0, 0.1) is 3.57 Å². The summed E-state index contributed by atoms with van der Waals surface area (Å²) in [7, 11) is -3.43. The quantitative estimate of drug-likeness (QED) is 0.612. The summed E-state index contributed by atoms with van der Waals surface area (Å²) in [4.78, 5) is 2.65. The topological polar surface area (TPSA) is 58.6 Å². The third kappa shape index (κ3) is 5.42. The second-order valence-corrected chi connectivity index (χ2v) is 9.21. The van der Waals surface area contributed by atoms with E-state index in [2.05, 4.69) is 32.2 Å². The fourth-order valence-corrected chi connectivity index (χ4v) is 4.88. The van der Waals surface area contributed by atoms with Crippen molar-refractivity contribution in [2.24, 2.45) is 0 Å². The van der Waals surface area contributed by atoms with E-state index in [4.69, 9.17) is 4.74 Å². The number of para-hydroxylation sites is 1. The van der Waals surface area contributed by atoms with Crippen LogP contribution < -0.4 is 9.46 Å². The van der Waals surface area contributed by atoms with Gasteiger partial charge >= 0.3 is 0 Å². The summed E-state index contributed by atoms with van der Waals surface area (Å²) in [5.74, 6) is 0.915. The Morgan fingerprint density at radius 2 is 1.69 bits per heavy atom. The molecule has 0 bridgehead atoms. The number of nitrogens with zero attached hydrogens (tertiary/aromatic N) is 1. The predicted octanol–water partition coefficient (Wildman–Crippen LogP) is 3.11. The first kappa shape index (κ1) is 19.6. The van der Waals surface area contributed by atoms with Crippen LogP contribution in [0.5, 0.6) is 5.75 Å². The number of benzene rings is 2. The average molecular weight is 486 g/mol. The van der Waals surface area contributed by atoms with Crippen molar-refractivity contribution in [3.8, 4) is 5.75 Å². The molecule has 0 radical (unpaired) electrons. The van der Waals surface area contributed by atoms with Gasteiger partial charge in [-0.15, -0.1) is 0 Å². The maximum absolute atomic E-state index is 12.4. The van der Waals surface area contributed by atoms with E-state index in [-0.39, 0.29) is 6.04 Å². The van der Waals surface area contributed by atoms with Crippen molar-refractivity contribution in [2.75, 3.05) is 26.2 Å². The molecule has 1 heterocycles. The van der Waals surface area contributed by atoms with Gasteiger partial charge in [-0.1, -0.05) is 30.3 Å². The van der Waals surface area contributed by atoms with E-state index >= 15 is 0 Å². The monoisotopic (exact) mass is 486 g/mol. The molecule has 3 rings (SSSR count). The highest BCUT2D eigenvalue weighted by Gasteiger charge is 2.24. The normalized spacial score (nSPS) is 16.5. The number of hydrogen-bond donors (Lipinski definition) is 1. The van der Waals surface area contributed by atoms with Gasteiger partial charge in [-0.3, -0.25) is 4.90 Å². The number of likely N-dealkylation sites (tertiary alicyclic amines) is 1. The molecule has 1 aliphatic heterocycles. The highest BCUT2D eigenvalue weighted by Crippen LogP contribution is 2.20. The summed E-state index contributed by atoms with van der Waals surface area (Å²) < 4.78 is 34.6. The molecule has 7 heteroatoms. The number of halogens is 1. The molecule has 26 heavy (non-hydrogen) atoms. The van der Waals surface area contributed by atoms with Gasteiger partial charge in [0.25, 0.3) is 0 Å². The smallest absolute Gasteiger partial charge is 0.240 e. The van der Waals surface area contributed by atoms with E-state index in [9.17, 15) is 8.42 Å². The van der Waals surface area contributed by atoms with Crippen molar-refractivity contribution in [1.82, 2.24) is 9.62 Å². The van der Waals surface area contributed by atoms with Crippen LogP contribution in [-0.4, -0.2) is 45.6 Å². The van der Waals surface area contributed by atoms with Crippen LogP contribution in [0.4, 0.5) is 0 Å². The molecular formula is C19H23IN2O3S. The number of ether oxygens (including phenoxy) is 1. The first-order valence-electron chi connectivity index (χ1n) is 8.72. The van der Waals surface area contributed by atoms with E-state index in [0.29, 0.717) is 11.5 Å². The lowest BCUT2D eigenvalue weighted by Gasteiger charge is -2.32. The van der Waals surface area contributed by atoms with Gasteiger partial charge in [0.15, 0.2) is 0 Å². The molecular weight excluding hydrogens is 463 g/mol. The van der Waals surface area contributed by atoms with Gasteiger partial charge in [-0.25, -0.2) is 13.1 Å². The third-order valence-corrected chi connectivity index (χ3v) is 6.89. The van der Waals surface area contributed by atoms with Crippen molar-refractivity contribution < 1.29 is 13.2 Å². The Balaban J connectivity index is 1.42. The van der Waals surface area contributed by atoms with Crippen molar-refractivity contribution in [3.05, 3.63) is 58.2 Å². The first-order chi connectivity index (χ1) is 12.5. The predicted molar refractivity (Wildman–Crippen MR) is 111 cm³/mol. The van der Waals surface area contributed by atoms with Gasteiger partial charge in [-0.2, -0.15) is 0 Å². The van der Waals surface area contributed by atoms with Crippen LogP contribution in [0.1, 0.15) is 12.8 Å². The minimum Gasteiger partial charge on any atom is -0.491 e. The third-order valence-electron chi connectivity index (χ3n) is 4.46. The molecule has 0 saturated carbocycles. The fourth-order valence-electron chi connectivity index (χ4n) is 3.01. The van der Waals surface area contributed by atoms with E-state index in [1.165, 1.54) is 0 Å². The van der Waals surface area contributed by atoms with Crippen LogP contribution in [0.3, 0.4) is 0 Å². The summed E-state index contributed by atoms with van der Waals surface area (Å²) in [6.07, 6.45) is 1.63. The maximum atomic E-state index is 12.4. The largest absolute Gasteiger partial charge is 0.491 e. The van der Waals surface area contributed by atoms with Crippen LogP contribution >= 0.6 is 22.6 Å². The Hall–Kier alpha value is -1.16. The van der Waals surface area contributed by atoms with Gasteiger partial charge in [0.2, 0.25) is 10.0 Å². The molecule has 0 amide bonds. The molecule has 0 unspecified atom stereocenters. The number of piperidine rings is 1. The van der Waals surface area contributed by atoms with E-state index in [1.807, 2.05) is 30.3 Å². The van der Waals surface area contributed by atoms with Crippen molar-refractivity contribution in [2.45, 2.75) is 23.8 Å². The molecule has 0 aromatic heterocycles. The molecule has 1 saturated heterocycles. The Bertz CT molecular complexity index is 807. The molecule has 1 N–H and O–H groups in total. The van der Waals surface area contributed by atoms with E-state index < -0.39 is 10.0 Å². The zero-order valence-corrected chi connectivity index (χ0v) is 17.4. The number of nitrogens with one attached hydrogen (secondary N) is 1. The molecule has 140 valence electrons. The van der Waals surface area contributed by atoms with Crippen molar-refractivity contribution in [3.63, 3.8) is 0 Å². The lowest BCUT2D eigenvalue weighted by atomic mass is 10.1. The summed E-state index contributed by atoms with van der Waals surface area (Å²) in [5, 5.41) is 0. The molecule has 0 aliphatic carbocycles. The lowest BCUT2D eigenvalue weighted by molar-refractivity contribution is 0.170. The lowest BCUT2D eigenvalue weighted by Crippen LogP contribution is -2.45. The number of sulfonamides is 1. The summed E-state index contributed by atoms with van der Waals surface area (Å²) in [6, 6.07) is 16.5. The standard InChI is InChI=1S/C19H23IN2O3S/c20-18-8-4-5-9-19(18)25-15-14-22-12-10-16(11-13-22)21-26(23,24)17-6-2-1-3-7-17/h1-9,16,21H,10-15H2. The molecule has 1 aliphatic rings. The number of hydrogen-bond acceptors (Lipinski definition) is 4. The van der Waals surface area contributed by atoms with Crippen molar-refractivity contribution >= 4 is 32.6 Å². The van der Waals surface area contributed by atoms with Crippen molar-refractivity contribution in [1.29, 1.82) is 0 Å². The van der Waals surface area contributed by atoms with Gasteiger partial charge in [0.1, 0.15) is 12.4 Å². The maximum Gasteiger partial charge on any atom is 0.240 e. The minimum absolute atomic E-state index is 0.00699. The van der Waals surface area contributed by atoms with Crippen LogP contribution in [0.2, 0.25) is 0 Å².